The van der Waals surface area contributed by atoms with Crippen LogP contribution in [0.3, 0.4) is 0 Å². The van der Waals surface area contributed by atoms with Gasteiger partial charge in [0, 0.05) is 6.54 Å². The highest BCUT2D eigenvalue weighted by Crippen LogP contribution is 2.24. The topological polar surface area (TPSA) is 72.7 Å². The molecule has 0 aliphatic heterocycles. The molecule has 0 aliphatic carbocycles. The molecule has 0 radical (unpaired) electrons. The summed E-state index contributed by atoms with van der Waals surface area (Å²) in [4.78, 5) is 0. The van der Waals surface area contributed by atoms with E-state index in [1.165, 1.54) is 6.07 Å². The van der Waals surface area contributed by atoms with E-state index in [4.69, 9.17) is 5.11 Å². The molecule has 0 atom stereocenters. The van der Waals surface area contributed by atoms with E-state index < -0.39 is 0 Å². The summed E-state index contributed by atoms with van der Waals surface area (Å²) in [7, 11) is 0. The number of hydrogen-bond acceptors (Lipinski definition) is 4. The Morgan fingerprint density at radius 1 is 0.789 bits per heavy atom. The van der Waals surface area contributed by atoms with E-state index in [1.54, 1.807) is 24.3 Å². The van der Waals surface area contributed by atoms with Crippen molar-refractivity contribution < 1.29 is 15.3 Å². The first-order valence-corrected chi connectivity index (χ1v) is 6.14. The van der Waals surface area contributed by atoms with Crippen LogP contribution >= 0.6 is 0 Å². The van der Waals surface area contributed by atoms with Crippen molar-refractivity contribution in [1.82, 2.24) is 5.32 Å². The molecule has 0 amide bonds. The van der Waals surface area contributed by atoms with E-state index in [0.717, 1.165) is 30.6 Å². The van der Waals surface area contributed by atoms with Crippen molar-refractivity contribution in [1.29, 1.82) is 0 Å². The van der Waals surface area contributed by atoms with Crippen LogP contribution in [0.4, 0.5) is 0 Å². The molecular formula is C15H17NO3. The second-order valence-corrected chi connectivity index (χ2v) is 4.42. The van der Waals surface area contributed by atoms with Crippen LogP contribution in [0.15, 0.2) is 42.5 Å². The Labute approximate surface area is 112 Å². The zero-order valence-corrected chi connectivity index (χ0v) is 10.5. The SMILES string of the molecule is Oc1ccc(CNCCc2ccc(O)c(O)c2)cc1. The van der Waals surface area contributed by atoms with Crippen LogP contribution in [-0.4, -0.2) is 21.9 Å². The number of hydrogen-bond donors (Lipinski definition) is 4. The summed E-state index contributed by atoms with van der Waals surface area (Å²) >= 11 is 0. The molecule has 4 heteroatoms. The molecule has 0 unspecified atom stereocenters. The van der Waals surface area contributed by atoms with Crippen molar-refractivity contribution in [2.75, 3.05) is 6.54 Å². The van der Waals surface area contributed by atoms with Gasteiger partial charge in [-0.05, 0) is 48.4 Å². The largest absolute Gasteiger partial charge is 0.508 e. The summed E-state index contributed by atoms with van der Waals surface area (Å²) in [6, 6.07) is 11.9. The molecular weight excluding hydrogens is 242 g/mol. The predicted octanol–water partition coefficient (Wildman–Crippen LogP) is 2.14. The highest BCUT2D eigenvalue weighted by atomic mass is 16.3. The van der Waals surface area contributed by atoms with Crippen molar-refractivity contribution in [3.63, 3.8) is 0 Å². The van der Waals surface area contributed by atoms with Gasteiger partial charge in [0.2, 0.25) is 0 Å². The van der Waals surface area contributed by atoms with E-state index in [0.29, 0.717) is 0 Å². The van der Waals surface area contributed by atoms with Gasteiger partial charge in [0.25, 0.3) is 0 Å². The lowest BCUT2D eigenvalue weighted by molar-refractivity contribution is 0.403. The summed E-state index contributed by atoms with van der Waals surface area (Å²) in [6.07, 6.45) is 0.770. The van der Waals surface area contributed by atoms with E-state index in [9.17, 15) is 10.2 Å². The van der Waals surface area contributed by atoms with E-state index in [2.05, 4.69) is 5.32 Å². The van der Waals surface area contributed by atoms with Gasteiger partial charge in [-0.2, -0.15) is 0 Å². The maximum Gasteiger partial charge on any atom is 0.157 e. The quantitative estimate of drug-likeness (QED) is 0.490. The minimum Gasteiger partial charge on any atom is -0.508 e. The second-order valence-electron chi connectivity index (χ2n) is 4.42. The fourth-order valence-corrected chi connectivity index (χ4v) is 1.80. The molecule has 0 saturated heterocycles. The second kappa shape index (κ2) is 6.11. The number of rotatable bonds is 5. The van der Waals surface area contributed by atoms with Gasteiger partial charge in [0.05, 0.1) is 0 Å². The van der Waals surface area contributed by atoms with Crippen LogP contribution in [-0.2, 0) is 13.0 Å². The fraction of sp³-hybridized carbons (Fsp3) is 0.200. The zero-order valence-electron chi connectivity index (χ0n) is 10.5. The summed E-state index contributed by atoms with van der Waals surface area (Å²) in [5, 5.41) is 31.0. The molecule has 0 aliphatic rings. The Bertz CT molecular complexity index is 538. The molecule has 19 heavy (non-hydrogen) atoms. The number of phenols is 3. The molecule has 4 N–H and O–H groups in total. The van der Waals surface area contributed by atoms with E-state index >= 15 is 0 Å². The van der Waals surface area contributed by atoms with Crippen molar-refractivity contribution in [2.24, 2.45) is 0 Å². The molecule has 100 valence electrons. The van der Waals surface area contributed by atoms with Gasteiger partial charge in [-0.25, -0.2) is 0 Å². The van der Waals surface area contributed by atoms with Crippen molar-refractivity contribution in [3.8, 4) is 17.2 Å². The summed E-state index contributed by atoms with van der Waals surface area (Å²) in [6.45, 7) is 1.50. The van der Waals surface area contributed by atoms with Crippen LogP contribution in [0.5, 0.6) is 17.2 Å². The lowest BCUT2D eigenvalue weighted by Gasteiger charge is -2.06. The Hall–Kier alpha value is -2.20. The smallest absolute Gasteiger partial charge is 0.157 e. The van der Waals surface area contributed by atoms with Crippen molar-refractivity contribution in [3.05, 3.63) is 53.6 Å². The first-order chi connectivity index (χ1) is 9.15. The standard InChI is InChI=1S/C15H17NO3/c17-13-4-1-12(2-5-13)10-16-8-7-11-3-6-14(18)15(19)9-11/h1-6,9,16-19H,7-8,10H2. The van der Waals surface area contributed by atoms with E-state index in [-0.39, 0.29) is 17.2 Å². The highest BCUT2D eigenvalue weighted by molar-refractivity contribution is 5.40. The maximum atomic E-state index is 9.37. The average molecular weight is 259 g/mol. The molecule has 2 aromatic carbocycles. The minimum absolute atomic E-state index is 0.0870. The molecule has 0 bridgehead atoms. The Balaban J connectivity index is 1.77. The van der Waals surface area contributed by atoms with Gasteiger partial charge in [-0.3, -0.25) is 0 Å². The van der Waals surface area contributed by atoms with Crippen molar-refractivity contribution >= 4 is 0 Å². The van der Waals surface area contributed by atoms with Gasteiger partial charge in [-0.15, -0.1) is 0 Å². The Morgan fingerprint density at radius 2 is 1.47 bits per heavy atom. The summed E-state index contributed by atoms with van der Waals surface area (Å²) in [5.41, 5.74) is 2.07. The van der Waals surface area contributed by atoms with Gasteiger partial charge >= 0.3 is 0 Å². The monoisotopic (exact) mass is 259 g/mol. The van der Waals surface area contributed by atoms with Crippen LogP contribution in [0.25, 0.3) is 0 Å². The van der Waals surface area contributed by atoms with Gasteiger partial charge in [0.15, 0.2) is 11.5 Å². The summed E-state index contributed by atoms with van der Waals surface area (Å²) < 4.78 is 0. The van der Waals surface area contributed by atoms with Crippen molar-refractivity contribution in [2.45, 2.75) is 13.0 Å². The average Bonchev–Trinajstić information content (AvgIpc) is 2.41. The van der Waals surface area contributed by atoms with Gasteiger partial charge in [0.1, 0.15) is 5.75 Å². The normalized spacial score (nSPS) is 10.5. The number of benzene rings is 2. The first-order valence-electron chi connectivity index (χ1n) is 6.14. The number of aromatic hydroxyl groups is 3. The molecule has 4 nitrogen and oxygen atoms in total. The number of phenolic OH excluding ortho intramolecular Hbond substituents is 3. The summed E-state index contributed by atoms with van der Waals surface area (Å²) in [5.74, 6) is 0.0835. The molecule has 0 aromatic heterocycles. The predicted molar refractivity (Wildman–Crippen MR) is 73.3 cm³/mol. The van der Waals surface area contributed by atoms with Crippen LogP contribution in [0.1, 0.15) is 11.1 Å². The lowest BCUT2D eigenvalue weighted by Crippen LogP contribution is -2.16. The molecule has 0 fully saturated rings. The molecule has 0 spiro atoms. The third kappa shape index (κ3) is 3.89. The van der Waals surface area contributed by atoms with E-state index in [1.807, 2.05) is 12.1 Å². The Morgan fingerprint density at radius 3 is 2.16 bits per heavy atom. The molecule has 0 heterocycles. The molecule has 2 rings (SSSR count). The maximum absolute atomic E-state index is 9.37. The van der Waals surface area contributed by atoms with Crippen LogP contribution < -0.4 is 5.32 Å². The third-order valence-corrected chi connectivity index (χ3v) is 2.90. The Kier molecular flexibility index (Phi) is 4.26. The third-order valence-electron chi connectivity index (χ3n) is 2.90. The van der Waals surface area contributed by atoms with Gasteiger partial charge < -0.3 is 20.6 Å². The fourth-order valence-electron chi connectivity index (χ4n) is 1.80. The van der Waals surface area contributed by atoms with Crippen LogP contribution in [0.2, 0.25) is 0 Å². The molecule has 2 aromatic rings. The number of nitrogens with one attached hydrogen (secondary N) is 1. The first kappa shape index (κ1) is 13.2. The minimum atomic E-state index is -0.0965. The highest BCUT2D eigenvalue weighted by Gasteiger charge is 2.00. The molecule has 0 saturated carbocycles. The lowest BCUT2D eigenvalue weighted by atomic mass is 10.1. The zero-order chi connectivity index (χ0) is 13.7. The van der Waals surface area contributed by atoms with Crippen LogP contribution in [0, 0.1) is 0 Å². The van der Waals surface area contributed by atoms with Gasteiger partial charge in [-0.1, -0.05) is 18.2 Å².